The molecule has 1 aromatic heterocycles. The van der Waals surface area contributed by atoms with Crippen LogP contribution in [-0.2, 0) is 20.5 Å². The minimum Gasteiger partial charge on any atom is -0.452 e. The molecule has 0 saturated carbocycles. The second-order valence-electron chi connectivity index (χ2n) is 5.95. The van der Waals surface area contributed by atoms with Gasteiger partial charge in [-0.3, -0.25) is 4.79 Å². The Labute approximate surface area is 161 Å². The average Bonchev–Trinajstić information content (AvgIpc) is 3.03. The van der Waals surface area contributed by atoms with E-state index in [4.69, 9.17) is 4.74 Å². The first-order chi connectivity index (χ1) is 13.7. The van der Waals surface area contributed by atoms with Gasteiger partial charge in [0, 0.05) is 11.8 Å². The minimum absolute atomic E-state index is 0.369. The lowest BCUT2D eigenvalue weighted by atomic mass is 10.1. The molecule has 0 aliphatic rings. The molecule has 3 N–H and O–H groups in total. The number of hydrogen-bond acceptors (Lipinski definition) is 4. The second kappa shape index (κ2) is 8.05. The number of benzene rings is 2. The lowest BCUT2D eigenvalue weighted by Gasteiger charge is -2.06. The number of rotatable bonds is 5. The highest BCUT2D eigenvalue weighted by Crippen LogP contribution is 2.29. The maximum absolute atomic E-state index is 12.5. The van der Waals surface area contributed by atoms with Crippen LogP contribution in [-0.4, -0.2) is 28.5 Å². The standard InChI is InChI=1S/C19H14F3N3O4/c20-19(21,22)12-4-1-11(2-5-12)3-8-17(27)29-10-16(26)23-13-6-7-14-15(9-13)25-18(28)24-14/h1-9H,10H2,(H,23,26)(H2,24,25,28)/b8-3-. The Hall–Kier alpha value is -3.82. The van der Waals surface area contributed by atoms with Crippen LogP contribution in [0.3, 0.4) is 0 Å². The lowest BCUT2D eigenvalue weighted by molar-refractivity contribution is -0.142. The van der Waals surface area contributed by atoms with Crippen molar-refractivity contribution in [2.45, 2.75) is 6.18 Å². The van der Waals surface area contributed by atoms with Crippen molar-refractivity contribution in [3.63, 3.8) is 0 Å². The van der Waals surface area contributed by atoms with Crippen molar-refractivity contribution < 1.29 is 27.5 Å². The Morgan fingerprint density at radius 1 is 1.03 bits per heavy atom. The van der Waals surface area contributed by atoms with Gasteiger partial charge in [-0.2, -0.15) is 13.2 Å². The highest BCUT2D eigenvalue weighted by Gasteiger charge is 2.29. The van der Waals surface area contributed by atoms with E-state index in [2.05, 4.69) is 15.3 Å². The third-order valence-electron chi connectivity index (χ3n) is 3.80. The number of aromatic nitrogens is 2. The van der Waals surface area contributed by atoms with Crippen LogP contribution < -0.4 is 11.0 Å². The van der Waals surface area contributed by atoms with Gasteiger partial charge in [0.15, 0.2) is 6.61 Å². The molecule has 0 saturated heterocycles. The summed E-state index contributed by atoms with van der Waals surface area (Å²) in [6.07, 6.45) is -2.15. The molecule has 0 radical (unpaired) electrons. The largest absolute Gasteiger partial charge is 0.452 e. The number of carbonyl (C=O) groups excluding carboxylic acids is 2. The van der Waals surface area contributed by atoms with Crippen LogP contribution in [0.15, 0.2) is 53.3 Å². The Morgan fingerprint density at radius 3 is 2.41 bits per heavy atom. The van der Waals surface area contributed by atoms with Crippen LogP contribution in [0, 0.1) is 0 Å². The van der Waals surface area contributed by atoms with Crippen LogP contribution in [0.1, 0.15) is 11.1 Å². The molecule has 3 aromatic rings. The number of anilines is 1. The van der Waals surface area contributed by atoms with Crippen LogP contribution in [0.4, 0.5) is 18.9 Å². The third kappa shape index (κ3) is 5.34. The predicted molar refractivity (Wildman–Crippen MR) is 99.0 cm³/mol. The first-order valence-electron chi connectivity index (χ1n) is 8.25. The van der Waals surface area contributed by atoms with Gasteiger partial charge in [0.2, 0.25) is 0 Å². The zero-order valence-electron chi connectivity index (χ0n) is 14.7. The number of esters is 1. The summed E-state index contributed by atoms with van der Waals surface area (Å²) in [6.45, 7) is -0.558. The van der Waals surface area contributed by atoms with Crippen molar-refractivity contribution in [2.24, 2.45) is 0 Å². The zero-order valence-corrected chi connectivity index (χ0v) is 14.7. The van der Waals surface area contributed by atoms with Gasteiger partial charge in [0.1, 0.15) is 0 Å². The van der Waals surface area contributed by atoms with E-state index >= 15 is 0 Å². The fraction of sp³-hybridized carbons (Fsp3) is 0.105. The summed E-state index contributed by atoms with van der Waals surface area (Å²) in [7, 11) is 0. The van der Waals surface area contributed by atoms with Gasteiger partial charge in [0.25, 0.3) is 5.91 Å². The fourth-order valence-electron chi connectivity index (χ4n) is 2.44. The summed E-state index contributed by atoms with van der Waals surface area (Å²) in [4.78, 5) is 39.8. The number of H-pyrrole nitrogens is 2. The lowest BCUT2D eigenvalue weighted by Crippen LogP contribution is -2.20. The zero-order chi connectivity index (χ0) is 21.0. The molecule has 0 atom stereocenters. The first kappa shape index (κ1) is 19.9. The molecule has 0 spiro atoms. The SMILES string of the molecule is O=C(COC(=O)/C=C\c1ccc(C(F)(F)F)cc1)Nc1ccc2[nH]c(=O)[nH]c2c1. The van der Waals surface area contributed by atoms with Crippen molar-refractivity contribution in [1.29, 1.82) is 0 Å². The van der Waals surface area contributed by atoms with E-state index in [0.717, 1.165) is 18.2 Å². The molecular formula is C19H14F3N3O4. The van der Waals surface area contributed by atoms with Crippen molar-refractivity contribution >= 4 is 34.7 Å². The van der Waals surface area contributed by atoms with Gasteiger partial charge in [-0.25, -0.2) is 9.59 Å². The summed E-state index contributed by atoms with van der Waals surface area (Å²) in [5.41, 5.74) is 0.674. The number of ether oxygens (including phenoxy) is 1. The quantitative estimate of drug-likeness (QED) is 0.448. The number of fused-ring (bicyclic) bond motifs is 1. The van der Waals surface area contributed by atoms with E-state index in [1.54, 1.807) is 12.1 Å². The number of alkyl halides is 3. The van der Waals surface area contributed by atoms with E-state index in [-0.39, 0.29) is 5.69 Å². The molecule has 1 heterocycles. The van der Waals surface area contributed by atoms with Gasteiger partial charge >= 0.3 is 17.8 Å². The molecular weight excluding hydrogens is 391 g/mol. The highest BCUT2D eigenvalue weighted by atomic mass is 19.4. The topological polar surface area (TPSA) is 104 Å². The van der Waals surface area contributed by atoms with E-state index in [9.17, 15) is 27.6 Å². The van der Waals surface area contributed by atoms with E-state index < -0.39 is 30.2 Å². The van der Waals surface area contributed by atoms with E-state index in [0.29, 0.717) is 22.3 Å². The number of hydrogen-bond donors (Lipinski definition) is 3. The van der Waals surface area contributed by atoms with Crippen molar-refractivity contribution in [3.05, 3.63) is 70.2 Å². The van der Waals surface area contributed by atoms with Crippen molar-refractivity contribution in [1.82, 2.24) is 9.97 Å². The molecule has 0 aliphatic carbocycles. The number of halogens is 3. The van der Waals surface area contributed by atoms with Crippen LogP contribution in [0.2, 0.25) is 0 Å². The minimum atomic E-state index is -4.44. The van der Waals surface area contributed by atoms with Gasteiger partial charge < -0.3 is 20.0 Å². The first-order valence-corrected chi connectivity index (χ1v) is 8.25. The number of nitrogens with one attached hydrogen (secondary N) is 3. The van der Waals surface area contributed by atoms with E-state index in [1.807, 2.05) is 0 Å². The van der Waals surface area contributed by atoms with Gasteiger partial charge in [0.05, 0.1) is 16.6 Å². The molecule has 29 heavy (non-hydrogen) atoms. The Kier molecular flexibility index (Phi) is 5.53. The Bertz CT molecular complexity index is 1130. The van der Waals surface area contributed by atoms with Crippen LogP contribution in [0.25, 0.3) is 17.1 Å². The molecule has 0 fully saturated rings. The molecule has 3 rings (SSSR count). The number of aromatic amines is 2. The Morgan fingerprint density at radius 2 is 1.72 bits per heavy atom. The molecule has 150 valence electrons. The van der Waals surface area contributed by atoms with Crippen molar-refractivity contribution in [3.8, 4) is 0 Å². The molecule has 0 unspecified atom stereocenters. The second-order valence-corrected chi connectivity index (χ2v) is 5.95. The monoisotopic (exact) mass is 405 g/mol. The van der Waals surface area contributed by atoms with Crippen LogP contribution in [0.5, 0.6) is 0 Å². The van der Waals surface area contributed by atoms with Crippen LogP contribution >= 0.6 is 0 Å². The number of imidazole rings is 1. The van der Waals surface area contributed by atoms with E-state index in [1.165, 1.54) is 24.3 Å². The molecule has 1 amide bonds. The van der Waals surface area contributed by atoms with Gasteiger partial charge in [-0.15, -0.1) is 0 Å². The van der Waals surface area contributed by atoms with Gasteiger partial charge in [-0.1, -0.05) is 12.1 Å². The third-order valence-corrected chi connectivity index (χ3v) is 3.80. The maximum atomic E-state index is 12.5. The summed E-state index contributed by atoms with van der Waals surface area (Å²) in [5.74, 6) is -1.43. The highest BCUT2D eigenvalue weighted by molar-refractivity contribution is 5.96. The van der Waals surface area contributed by atoms with Crippen molar-refractivity contribution in [2.75, 3.05) is 11.9 Å². The molecule has 0 aliphatic heterocycles. The number of carbonyl (C=O) groups is 2. The summed E-state index contributed by atoms with van der Waals surface area (Å²) in [6, 6.07) is 8.91. The molecule has 10 heteroatoms. The predicted octanol–water partition coefficient (Wildman–Crippen LogP) is 3.07. The maximum Gasteiger partial charge on any atom is 0.416 e. The average molecular weight is 405 g/mol. The summed E-state index contributed by atoms with van der Waals surface area (Å²) >= 11 is 0. The molecule has 7 nitrogen and oxygen atoms in total. The smallest absolute Gasteiger partial charge is 0.416 e. The Balaban J connectivity index is 1.50. The summed E-state index contributed by atoms with van der Waals surface area (Å²) < 4.78 is 42.3. The molecule has 2 aromatic carbocycles. The molecule has 0 bridgehead atoms. The number of amides is 1. The van der Waals surface area contributed by atoms with Gasteiger partial charge in [-0.05, 0) is 42.0 Å². The summed E-state index contributed by atoms with van der Waals surface area (Å²) in [5, 5.41) is 2.51. The normalized spacial score (nSPS) is 11.7. The fourth-order valence-corrected chi connectivity index (χ4v) is 2.44.